The maximum atomic E-state index is 6.16. The van der Waals surface area contributed by atoms with E-state index in [1.807, 2.05) is 36.4 Å². The van der Waals surface area contributed by atoms with Crippen LogP contribution in [0.2, 0.25) is 0 Å². The van der Waals surface area contributed by atoms with E-state index < -0.39 is 0 Å². The molecule has 128 valence electrons. The van der Waals surface area contributed by atoms with Crippen molar-refractivity contribution in [2.45, 2.75) is 17.9 Å². The zero-order valence-electron chi connectivity index (χ0n) is 14.6. The lowest BCUT2D eigenvalue weighted by Gasteiger charge is -2.00. The zero-order chi connectivity index (χ0) is 17.8. The third-order valence-corrected chi connectivity index (χ3v) is 5.03. The highest BCUT2D eigenvalue weighted by molar-refractivity contribution is 7.98. The molecule has 0 atom stereocenters. The summed E-state index contributed by atoms with van der Waals surface area (Å²) in [7, 11) is 0. The molecule has 0 amide bonds. The Morgan fingerprint density at radius 3 is 2.19 bits per heavy atom. The van der Waals surface area contributed by atoms with E-state index in [0.717, 1.165) is 28.3 Å². The van der Waals surface area contributed by atoms with Gasteiger partial charge in [-0.2, -0.15) is 0 Å². The summed E-state index contributed by atoms with van der Waals surface area (Å²) >= 11 is 1.63. The number of aromatic nitrogens is 1. The summed E-state index contributed by atoms with van der Waals surface area (Å²) in [5.41, 5.74) is 5.54. The van der Waals surface area contributed by atoms with Crippen molar-refractivity contribution in [2.75, 3.05) is 0 Å². The zero-order valence-corrected chi connectivity index (χ0v) is 15.4. The van der Waals surface area contributed by atoms with E-state index in [-0.39, 0.29) is 0 Å². The van der Waals surface area contributed by atoms with Gasteiger partial charge in [-0.1, -0.05) is 102 Å². The van der Waals surface area contributed by atoms with Crippen molar-refractivity contribution in [1.82, 2.24) is 4.98 Å². The van der Waals surface area contributed by atoms with Crippen molar-refractivity contribution >= 4 is 11.8 Å². The second-order valence-electron chi connectivity index (χ2n) is 6.17. The molecule has 26 heavy (non-hydrogen) atoms. The molecule has 0 aliphatic carbocycles. The molecule has 0 fully saturated rings. The van der Waals surface area contributed by atoms with Gasteiger partial charge in [-0.3, -0.25) is 0 Å². The molecule has 0 N–H and O–H groups in total. The van der Waals surface area contributed by atoms with E-state index in [4.69, 9.17) is 9.40 Å². The van der Waals surface area contributed by atoms with Gasteiger partial charge < -0.3 is 4.42 Å². The second-order valence-corrected chi connectivity index (χ2v) is 7.09. The summed E-state index contributed by atoms with van der Waals surface area (Å²) in [6, 6.07) is 28.9. The predicted octanol–water partition coefficient (Wildman–Crippen LogP) is 6.61. The molecule has 1 heterocycles. The fourth-order valence-corrected chi connectivity index (χ4v) is 3.65. The van der Waals surface area contributed by atoms with Crippen LogP contribution in [0.3, 0.4) is 0 Å². The van der Waals surface area contributed by atoms with Crippen molar-refractivity contribution in [3.63, 3.8) is 0 Å². The van der Waals surface area contributed by atoms with E-state index in [1.54, 1.807) is 11.8 Å². The molecular formula is C23H19NOS. The standard InChI is InChI=1S/C23H19NOS/c1-17-9-8-10-18(15-17)16-26-23-24-21(19-11-4-2-5-12-19)22(25-23)20-13-6-3-7-14-20/h2-15H,16H2,1H3. The van der Waals surface area contributed by atoms with Gasteiger partial charge >= 0.3 is 0 Å². The summed E-state index contributed by atoms with van der Waals surface area (Å²) in [6.07, 6.45) is 0. The molecule has 3 aromatic carbocycles. The minimum atomic E-state index is 0.698. The topological polar surface area (TPSA) is 26.0 Å². The first kappa shape index (κ1) is 16.7. The van der Waals surface area contributed by atoms with Crippen LogP contribution in [0.5, 0.6) is 0 Å². The lowest BCUT2D eigenvalue weighted by molar-refractivity contribution is 0.466. The monoisotopic (exact) mass is 357 g/mol. The highest BCUT2D eigenvalue weighted by Crippen LogP contribution is 2.36. The van der Waals surface area contributed by atoms with Gasteiger partial charge in [0.25, 0.3) is 5.22 Å². The van der Waals surface area contributed by atoms with E-state index in [9.17, 15) is 0 Å². The number of benzene rings is 3. The highest BCUT2D eigenvalue weighted by Gasteiger charge is 2.17. The Labute approximate surface area is 157 Å². The normalized spacial score (nSPS) is 10.8. The lowest BCUT2D eigenvalue weighted by Crippen LogP contribution is -1.83. The van der Waals surface area contributed by atoms with Crippen LogP contribution in [0.25, 0.3) is 22.6 Å². The van der Waals surface area contributed by atoms with Crippen molar-refractivity contribution in [3.05, 3.63) is 96.1 Å². The fraction of sp³-hybridized carbons (Fsp3) is 0.0870. The molecule has 4 aromatic rings. The number of aryl methyl sites for hydroxylation is 1. The Balaban J connectivity index is 1.67. The van der Waals surface area contributed by atoms with Gasteiger partial charge in [-0.05, 0) is 12.5 Å². The van der Waals surface area contributed by atoms with Gasteiger partial charge in [0.1, 0.15) is 5.69 Å². The van der Waals surface area contributed by atoms with Gasteiger partial charge in [-0.25, -0.2) is 4.98 Å². The first-order valence-corrected chi connectivity index (χ1v) is 9.58. The third-order valence-electron chi connectivity index (χ3n) is 4.14. The first-order chi connectivity index (χ1) is 12.8. The quantitative estimate of drug-likeness (QED) is 0.376. The van der Waals surface area contributed by atoms with Gasteiger partial charge in [0.2, 0.25) is 0 Å². The van der Waals surface area contributed by atoms with Crippen LogP contribution in [0, 0.1) is 6.92 Å². The van der Waals surface area contributed by atoms with Crippen LogP contribution < -0.4 is 0 Å². The number of nitrogens with zero attached hydrogens (tertiary/aromatic N) is 1. The molecule has 0 saturated heterocycles. The van der Waals surface area contributed by atoms with Gasteiger partial charge in [0, 0.05) is 16.9 Å². The van der Waals surface area contributed by atoms with E-state index in [1.165, 1.54) is 11.1 Å². The second kappa shape index (κ2) is 7.63. The summed E-state index contributed by atoms with van der Waals surface area (Å²) < 4.78 is 6.16. The van der Waals surface area contributed by atoms with E-state index >= 15 is 0 Å². The lowest BCUT2D eigenvalue weighted by atomic mass is 10.1. The Bertz CT molecular complexity index is 936. The first-order valence-electron chi connectivity index (χ1n) is 8.59. The molecule has 0 bridgehead atoms. The Morgan fingerprint density at radius 1 is 0.808 bits per heavy atom. The molecule has 0 unspecified atom stereocenters. The molecule has 3 heteroatoms. The van der Waals surface area contributed by atoms with Gasteiger partial charge in [-0.15, -0.1) is 0 Å². The number of hydrogen-bond donors (Lipinski definition) is 0. The Morgan fingerprint density at radius 2 is 1.50 bits per heavy atom. The average molecular weight is 357 g/mol. The minimum Gasteiger partial charge on any atom is -0.431 e. The SMILES string of the molecule is Cc1cccc(CSc2nc(-c3ccccc3)c(-c3ccccc3)o2)c1. The summed E-state index contributed by atoms with van der Waals surface area (Å²) in [5.74, 6) is 1.66. The van der Waals surface area contributed by atoms with Crippen molar-refractivity contribution in [3.8, 4) is 22.6 Å². The van der Waals surface area contributed by atoms with Crippen LogP contribution in [0.15, 0.2) is 94.6 Å². The molecule has 0 spiro atoms. The van der Waals surface area contributed by atoms with Gasteiger partial charge in [0.05, 0.1) is 0 Å². The summed E-state index contributed by atoms with van der Waals surface area (Å²) in [4.78, 5) is 4.79. The average Bonchev–Trinajstić information content (AvgIpc) is 3.12. The predicted molar refractivity (Wildman–Crippen MR) is 108 cm³/mol. The molecule has 0 aliphatic rings. The fourth-order valence-electron chi connectivity index (χ4n) is 2.89. The summed E-state index contributed by atoms with van der Waals surface area (Å²) in [6.45, 7) is 2.11. The van der Waals surface area contributed by atoms with Crippen LogP contribution in [0.4, 0.5) is 0 Å². The summed E-state index contributed by atoms with van der Waals surface area (Å²) in [5, 5.41) is 0.698. The van der Waals surface area contributed by atoms with Crippen LogP contribution in [-0.2, 0) is 5.75 Å². The smallest absolute Gasteiger partial charge is 0.257 e. The molecule has 2 nitrogen and oxygen atoms in total. The molecule has 1 aromatic heterocycles. The number of oxazole rings is 1. The number of thioether (sulfide) groups is 1. The molecule has 0 aliphatic heterocycles. The largest absolute Gasteiger partial charge is 0.431 e. The van der Waals surface area contributed by atoms with Crippen LogP contribution >= 0.6 is 11.8 Å². The Hall–Kier alpha value is -2.78. The Kier molecular flexibility index (Phi) is 4.89. The van der Waals surface area contributed by atoms with Crippen LogP contribution in [0.1, 0.15) is 11.1 Å². The molecular weight excluding hydrogens is 338 g/mol. The molecule has 4 rings (SSSR count). The van der Waals surface area contributed by atoms with Crippen LogP contribution in [-0.4, -0.2) is 4.98 Å². The van der Waals surface area contributed by atoms with Crippen molar-refractivity contribution in [1.29, 1.82) is 0 Å². The van der Waals surface area contributed by atoms with Crippen molar-refractivity contribution in [2.24, 2.45) is 0 Å². The highest BCUT2D eigenvalue weighted by atomic mass is 32.2. The van der Waals surface area contributed by atoms with Gasteiger partial charge in [0.15, 0.2) is 5.76 Å². The molecule has 0 saturated carbocycles. The number of rotatable bonds is 5. The number of hydrogen-bond acceptors (Lipinski definition) is 3. The maximum absolute atomic E-state index is 6.16. The molecule has 0 radical (unpaired) electrons. The van der Waals surface area contributed by atoms with E-state index in [2.05, 4.69) is 55.5 Å². The van der Waals surface area contributed by atoms with Crippen molar-refractivity contribution < 1.29 is 4.42 Å². The minimum absolute atomic E-state index is 0.698. The van der Waals surface area contributed by atoms with E-state index in [0.29, 0.717) is 5.22 Å². The third kappa shape index (κ3) is 3.73. The maximum Gasteiger partial charge on any atom is 0.257 e.